The van der Waals surface area contributed by atoms with Crippen LogP contribution in [0.1, 0.15) is 356 Å². The van der Waals surface area contributed by atoms with Gasteiger partial charge >= 0.3 is 0 Å². The van der Waals surface area contributed by atoms with Crippen molar-refractivity contribution in [3.63, 3.8) is 0 Å². The molecule has 20 nitrogen and oxygen atoms in total. The highest BCUT2D eigenvalue weighted by Gasteiger charge is 2.48. The fourth-order valence-corrected chi connectivity index (χ4v) is 18.4. The minimum absolute atomic E-state index is 0.0513. The van der Waals surface area contributed by atoms with Crippen molar-refractivity contribution in [2.45, 2.75) is 337 Å². The zero-order valence-electron chi connectivity index (χ0n) is 80.0. The monoisotopic (exact) mass is 1640 g/mol. The summed E-state index contributed by atoms with van der Waals surface area (Å²) in [7, 11) is 8.81. The molecule has 0 radical (unpaired) electrons. The fraction of sp³-hybridized carbons (Fsp3) is 0.856. The third-order valence-electron chi connectivity index (χ3n) is 26.9. The summed E-state index contributed by atoms with van der Waals surface area (Å²) >= 11 is 0. The van der Waals surface area contributed by atoms with Gasteiger partial charge in [-0.2, -0.15) is 20.4 Å². The molecule has 4 aliphatic carbocycles. The molecule has 0 aliphatic heterocycles. The van der Waals surface area contributed by atoms with Gasteiger partial charge in [0.15, 0.2) is 0 Å². The summed E-state index contributed by atoms with van der Waals surface area (Å²) < 4.78 is 24.5. The van der Waals surface area contributed by atoms with E-state index in [1.165, 1.54) is 96.4 Å². The average Bonchev–Trinajstić information content (AvgIpc) is 1.76. The average molecular weight is 1640 g/mol. The van der Waals surface area contributed by atoms with Gasteiger partial charge in [0.2, 0.25) is 11.8 Å². The highest BCUT2D eigenvalue weighted by molar-refractivity contribution is 5.80. The number of unbranched alkanes of at least 4 members (excludes halogenated alkanes) is 4. The van der Waals surface area contributed by atoms with Crippen LogP contribution in [-0.4, -0.2) is 193 Å². The molecule has 0 spiro atoms. The summed E-state index contributed by atoms with van der Waals surface area (Å²) in [5.74, 6) is 6.69. The molecule has 0 saturated heterocycles. The summed E-state index contributed by atoms with van der Waals surface area (Å²) in [6.07, 6.45) is 31.9. The second kappa shape index (κ2) is 52.8. The Bertz CT molecular complexity index is 3230. The van der Waals surface area contributed by atoms with Gasteiger partial charge in [-0.05, 0) is 233 Å². The summed E-state index contributed by atoms with van der Waals surface area (Å²) in [6, 6.07) is 0. The number of carbonyl (C=O) groups excluding carboxylic acids is 2. The van der Waals surface area contributed by atoms with Gasteiger partial charge in [0.25, 0.3) is 0 Å². The van der Waals surface area contributed by atoms with Crippen LogP contribution in [0.15, 0.2) is 24.8 Å². The van der Waals surface area contributed by atoms with Gasteiger partial charge in [-0.25, -0.2) is 0 Å². The highest BCUT2D eigenvalue weighted by Crippen LogP contribution is 2.54. The molecular formula is C97H180N14O6. The van der Waals surface area contributed by atoms with Gasteiger partial charge in [-0.3, -0.25) is 30.0 Å². The van der Waals surface area contributed by atoms with Gasteiger partial charge in [0.1, 0.15) is 0 Å². The Morgan fingerprint density at radius 1 is 0.410 bits per heavy atom. The van der Waals surface area contributed by atoms with Crippen LogP contribution >= 0.6 is 0 Å². The molecule has 2 amide bonds. The molecule has 8 atom stereocenters. The van der Waals surface area contributed by atoms with Crippen molar-refractivity contribution in [1.82, 2.24) is 71.0 Å². The minimum atomic E-state index is 0.0513. The first kappa shape index (κ1) is 103. The number of hydrogen-bond acceptors (Lipinski definition) is 14. The van der Waals surface area contributed by atoms with Crippen LogP contribution in [0, 0.1) is 80.8 Å². The topological polar surface area (TPSA) is 223 Å². The summed E-state index contributed by atoms with van der Waals surface area (Å²) in [6.45, 7) is 66.2. The standard InChI is InChI=1S/C27H51N3O2.C25H47N3O2.C23H42N4O.C22H40N4O/c1-9-10-11-30(8)15-23-14-28-29-26(23)22-12-24(18-31-16-20(2)3)27(6,7)25(13-22)19-32-17-21(4)5;1-7-10-11-28(6)17-21-16-26-27-24(21)20-14-22(18-29-12-8-2)25(4,5)23(15-20)19-30-13-9-3;1-7-8-13-27(6)16-19-15-25-26-21(19)18-9-11-23(4,5)20(14-18)22(28)24-12-10-17(2)3;1-7-8-11-26(6)15-18-14-24-25-20(18)17-9-10-22(4,5)19(12-17)21(27)23-13-16(2)3/h14,20-22,24-25H,9-13,15-19H2,1-8H3,(H,28,29);16,20,22-23H,7-15,17-19H2,1-6H3,(H,26,27);15,17-18,20H,7-14,16H2,1-6H3,(H,24,28)(H,25,26);14,16-17,19H,7-13,15H2,1-6H3,(H,23,27)(H,24,25). The maximum Gasteiger partial charge on any atom is 0.223 e. The van der Waals surface area contributed by atoms with E-state index in [1.54, 1.807) is 0 Å². The van der Waals surface area contributed by atoms with E-state index in [4.69, 9.17) is 18.9 Å². The van der Waals surface area contributed by atoms with E-state index >= 15 is 0 Å². The molecule has 4 aliphatic rings. The second-order valence-electron chi connectivity index (χ2n) is 41.0. The Labute approximate surface area is 715 Å². The Balaban J connectivity index is 0.000000279. The summed E-state index contributed by atoms with van der Waals surface area (Å²) in [4.78, 5) is 35.4. The van der Waals surface area contributed by atoms with Crippen LogP contribution in [0.25, 0.3) is 0 Å². The van der Waals surface area contributed by atoms with Crippen LogP contribution in [0.5, 0.6) is 0 Å². The number of hydrogen-bond donors (Lipinski definition) is 6. The van der Waals surface area contributed by atoms with E-state index in [1.807, 2.05) is 24.8 Å². The van der Waals surface area contributed by atoms with E-state index in [0.29, 0.717) is 71.0 Å². The van der Waals surface area contributed by atoms with E-state index < -0.39 is 0 Å². The van der Waals surface area contributed by atoms with E-state index in [-0.39, 0.29) is 45.3 Å². The van der Waals surface area contributed by atoms with Crippen molar-refractivity contribution >= 4 is 11.8 Å². The predicted octanol–water partition coefficient (Wildman–Crippen LogP) is 20.8. The first-order valence-electron chi connectivity index (χ1n) is 47.3. The third kappa shape index (κ3) is 34.6. The van der Waals surface area contributed by atoms with Crippen molar-refractivity contribution < 1.29 is 28.5 Å². The molecule has 8 unspecified atom stereocenters. The lowest BCUT2D eigenvalue weighted by Crippen LogP contribution is -2.43. The fourth-order valence-electron chi connectivity index (χ4n) is 18.4. The SMILES string of the molecule is CCCCN(C)Cc1cn[nH]c1C1CC(COCC(C)C)C(C)(C)C(COCC(C)C)C1.CCCCN(C)Cc1cn[nH]c1C1CC(COCCC)C(C)(C)C(COCCC)C1.CCCCN(C)Cc1cn[nH]c1C1CCC(C)(C)C(C(=O)NCC(C)C)C1.CCCCN(C)Cc1cn[nH]c1C1CCC(C)(C)C(C(=O)NCCC(C)C)C1. The normalized spacial score (nSPS) is 23.0. The van der Waals surface area contributed by atoms with E-state index in [9.17, 15) is 9.59 Å². The van der Waals surface area contributed by atoms with Crippen LogP contribution in [0.2, 0.25) is 0 Å². The molecule has 20 heteroatoms. The predicted molar refractivity (Wildman–Crippen MR) is 486 cm³/mol. The van der Waals surface area contributed by atoms with Crippen molar-refractivity contribution in [3.8, 4) is 0 Å². The zero-order chi connectivity index (χ0) is 86.5. The highest BCUT2D eigenvalue weighted by atomic mass is 16.5. The van der Waals surface area contributed by atoms with Crippen molar-refractivity contribution in [1.29, 1.82) is 0 Å². The summed E-state index contributed by atoms with van der Waals surface area (Å²) in [5, 5.41) is 37.3. The number of nitrogens with one attached hydrogen (secondary N) is 6. The number of aromatic nitrogens is 8. The molecule has 0 aromatic carbocycles. The van der Waals surface area contributed by atoms with Crippen LogP contribution in [0.4, 0.5) is 0 Å². The molecule has 6 N–H and O–H groups in total. The molecule has 117 heavy (non-hydrogen) atoms. The smallest absolute Gasteiger partial charge is 0.223 e. The third-order valence-corrected chi connectivity index (χ3v) is 26.9. The molecule has 8 rings (SSSR count). The molecule has 4 saturated carbocycles. The van der Waals surface area contributed by atoms with Crippen LogP contribution < -0.4 is 10.6 Å². The number of H-pyrrole nitrogens is 4. The lowest BCUT2D eigenvalue weighted by atomic mass is 9.59. The quantitative estimate of drug-likeness (QED) is 0.0227. The lowest BCUT2D eigenvalue weighted by molar-refractivity contribution is -0.131. The van der Waals surface area contributed by atoms with Crippen molar-refractivity contribution in [2.24, 2.45) is 80.8 Å². The van der Waals surface area contributed by atoms with E-state index in [0.717, 1.165) is 202 Å². The lowest BCUT2D eigenvalue weighted by Gasteiger charge is -2.48. The Kier molecular flexibility index (Phi) is 46.5. The number of carbonyl (C=O) groups is 2. The van der Waals surface area contributed by atoms with Gasteiger partial charge < -0.3 is 49.2 Å². The Hall–Kier alpha value is -4.54. The van der Waals surface area contributed by atoms with Gasteiger partial charge in [-0.15, -0.1) is 0 Å². The Morgan fingerprint density at radius 3 is 0.991 bits per heavy atom. The minimum Gasteiger partial charge on any atom is -0.381 e. The molecule has 4 aromatic rings. The zero-order valence-corrected chi connectivity index (χ0v) is 80.0. The maximum absolute atomic E-state index is 12.9. The number of aromatic amines is 4. The molecule has 0 bridgehead atoms. The van der Waals surface area contributed by atoms with Gasteiger partial charge in [0, 0.05) is 173 Å². The molecule has 4 aromatic heterocycles. The molecule has 4 heterocycles. The largest absolute Gasteiger partial charge is 0.381 e. The first-order chi connectivity index (χ1) is 55.6. The van der Waals surface area contributed by atoms with Crippen molar-refractivity contribution in [3.05, 3.63) is 69.8 Å². The molecule has 4 fully saturated rings. The number of amides is 2. The number of rotatable bonds is 47. The first-order valence-corrected chi connectivity index (χ1v) is 47.3. The second-order valence-corrected chi connectivity index (χ2v) is 41.0. The maximum atomic E-state index is 12.9. The van der Waals surface area contributed by atoms with Crippen LogP contribution in [-0.2, 0) is 54.7 Å². The summed E-state index contributed by atoms with van der Waals surface area (Å²) in [5.41, 5.74) is 11.0. The van der Waals surface area contributed by atoms with E-state index in [2.05, 4.69) is 252 Å². The van der Waals surface area contributed by atoms with Gasteiger partial charge in [0.05, 0.1) is 24.8 Å². The Morgan fingerprint density at radius 2 is 0.709 bits per heavy atom. The number of nitrogens with zero attached hydrogens (tertiary/aromatic N) is 8. The molecular weight excluding hydrogens is 1460 g/mol. The van der Waals surface area contributed by atoms with Crippen LogP contribution in [0.3, 0.4) is 0 Å². The molecule has 674 valence electrons. The number of ether oxygens (including phenoxy) is 4. The van der Waals surface area contributed by atoms with Crippen molar-refractivity contribution in [2.75, 3.05) is 120 Å². The van der Waals surface area contributed by atoms with Gasteiger partial charge in [-0.1, -0.05) is 178 Å².